The van der Waals surface area contributed by atoms with Gasteiger partial charge in [0, 0.05) is 5.92 Å². The molecule has 1 aromatic rings. The minimum atomic E-state index is -0.125. The van der Waals surface area contributed by atoms with Crippen LogP contribution in [0.15, 0.2) is 4.42 Å². The summed E-state index contributed by atoms with van der Waals surface area (Å²) in [4.78, 5) is 11.9. The first kappa shape index (κ1) is 10.7. The fourth-order valence-corrected chi connectivity index (χ4v) is 2.05. The van der Waals surface area contributed by atoms with E-state index in [1.54, 1.807) is 0 Å². The van der Waals surface area contributed by atoms with Crippen LogP contribution in [0.2, 0.25) is 0 Å². The molecule has 0 spiro atoms. The Kier molecular flexibility index (Phi) is 2.80. The molecular formula is C11H16N4O2. The topological polar surface area (TPSA) is 80.1 Å². The molecule has 6 nitrogen and oxygen atoms in total. The highest BCUT2D eigenvalue weighted by Crippen LogP contribution is 2.39. The molecular weight excluding hydrogens is 220 g/mol. The van der Waals surface area contributed by atoms with Crippen LogP contribution in [0.4, 0.5) is 6.01 Å². The third-order valence-electron chi connectivity index (χ3n) is 3.22. The molecule has 0 radical (unpaired) electrons. The van der Waals surface area contributed by atoms with E-state index in [4.69, 9.17) is 4.42 Å². The smallest absolute Gasteiger partial charge is 0.322 e. The normalized spacial score (nSPS) is 24.6. The Hall–Kier alpha value is -1.43. The van der Waals surface area contributed by atoms with Crippen LogP contribution in [0.5, 0.6) is 0 Å². The maximum absolute atomic E-state index is 11.9. The number of nitrogens with zero attached hydrogens (tertiary/aromatic N) is 2. The van der Waals surface area contributed by atoms with E-state index in [0.717, 1.165) is 38.6 Å². The van der Waals surface area contributed by atoms with Gasteiger partial charge in [0.25, 0.3) is 0 Å². The van der Waals surface area contributed by atoms with E-state index in [9.17, 15) is 4.79 Å². The molecule has 1 amide bonds. The fourth-order valence-electron chi connectivity index (χ4n) is 2.05. The zero-order valence-corrected chi connectivity index (χ0v) is 9.61. The highest BCUT2D eigenvalue weighted by molar-refractivity contribution is 5.93. The summed E-state index contributed by atoms with van der Waals surface area (Å²) in [5.74, 6) is 0.994. The Morgan fingerprint density at radius 2 is 2.18 bits per heavy atom. The summed E-state index contributed by atoms with van der Waals surface area (Å²) in [7, 11) is 0. The van der Waals surface area contributed by atoms with E-state index >= 15 is 0 Å². The average Bonchev–Trinajstić information content (AvgIpc) is 3.12. The van der Waals surface area contributed by atoms with Crippen molar-refractivity contribution in [3.63, 3.8) is 0 Å². The van der Waals surface area contributed by atoms with E-state index in [2.05, 4.69) is 20.8 Å². The SMILES string of the molecule is O=C(Nc1nnc(C2CC2)o1)[C@H]1CCCCN1. The molecule has 2 fully saturated rings. The molecule has 1 aliphatic heterocycles. The molecule has 1 saturated carbocycles. The Labute approximate surface area is 99.2 Å². The van der Waals surface area contributed by atoms with Gasteiger partial charge in [0.2, 0.25) is 11.8 Å². The number of hydrogen-bond donors (Lipinski definition) is 2. The lowest BCUT2D eigenvalue weighted by atomic mass is 10.0. The van der Waals surface area contributed by atoms with Crippen LogP contribution in [0, 0.1) is 0 Å². The fraction of sp³-hybridized carbons (Fsp3) is 0.727. The van der Waals surface area contributed by atoms with Crippen molar-refractivity contribution in [2.45, 2.75) is 44.1 Å². The van der Waals surface area contributed by atoms with Gasteiger partial charge in [-0.1, -0.05) is 11.5 Å². The van der Waals surface area contributed by atoms with Gasteiger partial charge in [-0.3, -0.25) is 10.1 Å². The molecule has 2 N–H and O–H groups in total. The van der Waals surface area contributed by atoms with Gasteiger partial charge in [-0.05, 0) is 32.2 Å². The number of amides is 1. The largest absolute Gasteiger partial charge is 0.408 e. The van der Waals surface area contributed by atoms with Crippen molar-refractivity contribution in [1.82, 2.24) is 15.5 Å². The second kappa shape index (κ2) is 4.44. The van der Waals surface area contributed by atoms with E-state index in [-0.39, 0.29) is 18.0 Å². The number of carbonyl (C=O) groups excluding carboxylic acids is 1. The quantitative estimate of drug-likeness (QED) is 0.819. The average molecular weight is 236 g/mol. The van der Waals surface area contributed by atoms with Gasteiger partial charge in [0.05, 0.1) is 6.04 Å². The van der Waals surface area contributed by atoms with Gasteiger partial charge in [0.15, 0.2) is 0 Å². The molecule has 0 unspecified atom stereocenters. The number of anilines is 1. The van der Waals surface area contributed by atoms with E-state index in [1.165, 1.54) is 0 Å². The van der Waals surface area contributed by atoms with Crippen molar-refractivity contribution in [1.29, 1.82) is 0 Å². The van der Waals surface area contributed by atoms with Crippen molar-refractivity contribution in [2.24, 2.45) is 0 Å². The number of rotatable bonds is 3. The van der Waals surface area contributed by atoms with Crippen LogP contribution < -0.4 is 10.6 Å². The number of aromatic nitrogens is 2. The maximum atomic E-state index is 11.9. The van der Waals surface area contributed by atoms with Crippen molar-refractivity contribution in [2.75, 3.05) is 11.9 Å². The second-order valence-corrected chi connectivity index (χ2v) is 4.71. The van der Waals surface area contributed by atoms with Crippen LogP contribution in [-0.4, -0.2) is 28.7 Å². The van der Waals surface area contributed by atoms with Crippen LogP contribution >= 0.6 is 0 Å². The first-order valence-corrected chi connectivity index (χ1v) is 6.20. The molecule has 6 heteroatoms. The van der Waals surface area contributed by atoms with E-state index < -0.39 is 0 Å². The zero-order valence-electron chi connectivity index (χ0n) is 9.61. The first-order valence-electron chi connectivity index (χ1n) is 6.20. The third kappa shape index (κ3) is 2.46. The van der Waals surface area contributed by atoms with Crippen LogP contribution in [0.1, 0.15) is 43.9 Å². The lowest BCUT2D eigenvalue weighted by molar-refractivity contribution is -0.118. The third-order valence-corrected chi connectivity index (χ3v) is 3.22. The highest BCUT2D eigenvalue weighted by atomic mass is 16.4. The monoisotopic (exact) mass is 236 g/mol. The molecule has 1 aromatic heterocycles. The summed E-state index contributed by atoms with van der Waals surface area (Å²) in [6, 6.07) is 0.101. The van der Waals surface area contributed by atoms with E-state index in [1.807, 2.05) is 0 Å². The van der Waals surface area contributed by atoms with Gasteiger partial charge < -0.3 is 9.73 Å². The van der Waals surface area contributed by atoms with Gasteiger partial charge in [-0.15, -0.1) is 5.10 Å². The maximum Gasteiger partial charge on any atom is 0.322 e. The zero-order chi connectivity index (χ0) is 11.7. The highest BCUT2D eigenvalue weighted by Gasteiger charge is 2.30. The Morgan fingerprint density at radius 3 is 2.88 bits per heavy atom. The van der Waals surface area contributed by atoms with Crippen molar-refractivity contribution in [3.8, 4) is 0 Å². The predicted octanol–water partition coefficient (Wildman–Crippen LogP) is 1.03. The van der Waals surface area contributed by atoms with Crippen LogP contribution in [0.25, 0.3) is 0 Å². The molecule has 0 aromatic carbocycles. The molecule has 17 heavy (non-hydrogen) atoms. The minimum Gasteiger partial charge on any atom is -0.408 e. The molecule has 2 aliphatic rings. The molecule has 3 rings (SSSR count). The summed E-state index contributed by atoms with van der Waals surface area (Å²) in [5, 5.41) is 13.6. The van der Waals surface area contributed by atoms with Gasteiger partial charge >= 0.3 is 6.01 Å². The molecule has 2 heterocycles. The van der Waals surface area contributed by atoms with Crippen molar-refractivity contribution >= 4 is 11.9 Å². The van der Waals surface area contributed by atoms with Crippen LogP contribution in [0.3, 0.4) is 0 Å². The summed E-state index contributed by atoms with van der Waals surface area (Å²) in [5.41, 5.74) is 0. The Morgan fingerprint density at radius 1 is 1.29 bits per heavy atom. The van der Waals surface area contributed by atoms with Crippen molar-refractivity contribution < 1.29 is 9.21 Å². The summed E-state index contributed by atoms with van der Waals surface area (Å²) >= 11 is 0. The first-order chi connectivity index (χ1) is 8.33. The number of hydrogen-bond acceptors (Lipinski definition) is 5. The number of piperidine rings is 1. The standard InChI is InChI=1S/C11H16N4O2/c16-9(8-3-1-2-6-12-8)13-11-15-14-10(17-11)7-4-5-7/h7-8,12H,1-6H2,(H,13,15,16)/t8-/m1/s1. The number of carbonyl (C=O) groups is 1. The van der Waals surface area contributed by atoms with Crippen molar-refractivity contribution in [3.05, 3.63) is 5.89 Å². The Bertz CT molecular complexity index is 407. The molecule has 0 bridgehead atoms. The predicted molar refractivity (Wildman–Crippen MR) is 60.5 cm³/mol. The lowest BCUT2D eigenvalue weighted by Crippen LogP contribution is -2.43. The summed E-state index contributed by atoms with van der Waals surface area (Å²) < 4.78 is 5.39. The second-order valence-electron chi connectivity index (χ2n) is 4.71. The van der Waals surface area contributed by atoms with Crippen LogP contribution in [-0.2, 0) is 4.79 Å². The Balaban J connectivity index is 1.58. The minimum absolute atomic E-state index is 0.0734. The number of nitrogens with one attached hydrogen (secondary N) is 2. The molecule has 92 valence electrons. The molecule has 1 atom stereocenters. The summed E-state index contributed by atoms with van der Waals surface area (Å²) in [6.45, 7) is 0.898. The van der Waals surface area contributed by atoms with Gasteiger partial charge in [0.1, 0.15) is 0 Å². The lowest BCUT2D eigenvalue weighted by Gasteiger charge is -2.21. The summed E-state index contributed by atoms with van der Waals surface area (Å²) in [6.07, 6.45) is 5.31. The van der Waals surface area contributed by atoms with E-state index in [0.29, 0.717) is 11.8 Å². The van der Waals surface area contributed by atoms with Gasteiger partial charge in [-0.2, -0.15) is 0 Å². The molecule has 1 aliphatic carbocycles. The van der Waals surface area contributed by atoms with Gasteiger partial charge in [-0.25, -0.2) is 0 Å². The molecule has 1 saturated heterocycles.